The highest BCUT2D eigenvalue weighted by Crippen LogP contribution is 2.25. The van der Waals surface area contributed by atoms with Crippen LogP contribution in [0, 0.1) is 19.7 Å². The SMILES string of the molecule is Cc1cc(-c2ccc(C)c(S(=O)(=O)NCc3ccc(F)cc3)c2)on1. The van der Waals surface area contributed by atoms with E-state index in [1.807, 2.05) is 0 Å². The van der Waals surface area contributed by atoms with Gasteiger partial charge in [0.2, 0.25) is 10.0 Å². The van der Waals surface area contributed by atoms with Gasteiger partial charge in [0.1, 0.15) is 5.82 Å². The summed E-state index contributed by atoms with van der Waals surface area (Å²) in [7, 11) is -3.73. The Labute approximate surface area is 145 Å². The van der Waals surface area contributed by atoms with Crippen molar-refractivity contribution >= 4 is 10.0 Å². The van der Waals surface area contributed by atoms with Crippen molar-refractivity contribution in [2.75, 3.05) is 0 Å². The highest BCUT2D eigenvalue weighted by atomic mass is 32.2. The Morgan fingerprint density at radius 1 is 1.08 bits per heavy atom. The molecule has 0 spiro atoms. The summed E-state index contributed by atoms with van der Waals surface area (Å²) in [6.07, 6.45) is 0. The molecule has 0 unspecified atom stereocenters. The van der Waals surface area contributed by atoms with Gasteiger partial charge in [-0.2, -0.15) is 0 Å². The maximum atomic E-state index is 12.9. The molecule has 3 rings (SSSR count). The van der Waals surface area contributed by atoms with Gasteiger partial charge in [-0.3, -0.25) is 0 Å². The molecule has 0 bridgehead atoms. The average Bonchev–Trinajstić information content (AvgIpc) is 3.01. The first-order valence-electron chi connectivity index (χ1n) is 7.63. The predicted octanol–water partition coefficient (Wildman–Crippen LogP) is 3.58. The van der Waals surface area contributed by atoms with Gasteiger partial charge in [0, 0.05) is 18.2 Å². The molecule has 3 aromatic rings. The first kappa shape index (κ1) is 17.3. The number of aromatic nitrogens is 1. The third kappa shape index (κ3) is 3.94. The third-order valence-corrected chi connectivity index (χ3v) is 5.31. The fraction of sp³-hybridized carbons (Fsp3) is 0.167. The van der Waals surface area contributed by atoms with Gasteiger partial charge in [-0.05, 0) is 43.2 Å². The first-order chi connectivity index (χ1) is 11.8. The van der Waals surface area contributed by atoms with Gasteiger partial charge in [0.15, 0.2) is 5.76 Å². The molecule has 0 fully saturated rings. The maximum Gasteiger partial charge on any atom is 0.241 e. The standard InChI is InChI=1S/C18H17FN2O3S/c1-12-3-6-15(17-9-13(2)21-24-17)10-18(12)25(22,23)20-11-14-4-7-16(19)8-5-14/h3-10,20H,11H2,1-2H3. The lowest BCUT2D eigenvalue weighted by atomic mass is 10.1. The molecule has 7 heteroatoms. The van der Waals surface area contributed by atoms with Crippen LogP contribution in [0.15, 0.2) is 57.9 Å². The molecule has 1 heterocycles. The van der Waals surface area contributed by atoms with Gasteiger partial charge >= 0.3 is 0 Å². The van der Waals surface area contributed by atoms with Crippen molar-refractivity contribution in [1.29, 1.82) is 0 Å². The van der Waals surface area contributed by atoms with Crippen molar-refractivity contribution < 1.29 is 17.3 Å². The van der Waals surface area contributed by atoms with Crippen LogP contribution in [0.25, 0.3) is 11.3 Å². The number of rotatable bonds is 5. The number of hydrogen-bond donors (Lipinski definition) is 1. The predicted molar refractivity (Wildman–Crippen MR) is 91.8 cm³/mol. The van der Waals surface area contributed by atoms with Crippen LogP contribution in [0.2, 0.25) is 0 Å². The lowest BCUT2D eigenvalue weighted by molar-refractivity contribution is 0.427. The van der Waals surface area contributed by atoms with E-state index in [1.54, 1.807) is 50.2 Å². The van der Waals surface area contributed by atoms with E-state index in [0.29, 0.717) is 22.5 Å². The Hall–Kier alpha value is -2.51. The highest BCUT2D eigenvalue weighted by Gasteiger charge is 2.18. The van der Waals surface area contributed by atoms with Crippen LogP contribution < -0.4 is 4.72 Å². The third-order valence-electron chi connectivity index (χ3n) is 3.77. The molecule has 1 aromatic heterocycles. The summed E-state index contributed by atoms with van der Waals surface area (Å²) in [5.74, 6) is 0.144. The number of aryl methyl sites for hydroxylation is 2. The van der Waals surface area contributed by atoms with Gasteiger partial charge in [-0.1, -0.05) is 29.4 Å². The normalized spacial score (nSPS) is 11.6. The Morgan fingerprint density at radius 2 is 1.80 bits per heavy atom. The van der Waals surface area contributed by atoms with Crippen molar-refractivity contribution in [3.63, 3.8) is 0 Å². The molecule has 0 amide bonds. The van der Waals surface area contributed by atoms with Crippen molar-refractivity contribution in [3.05, 3.63) is 71.2 Å². The Bertz CT molecular complexity index is 995. The smallest absolute Gasteiger partial charge is 0.241 e. The monoisotopic (exact) mass is 360 g/mol. The van der Waals surface area contributed by atoms with E-state index in [1.165, 1.54) is 12.1 Å². The molecule has 0 aliphatic carbocycles. The second-order valence-electron chi connectivity index (χ2n) is 5.76. The minimum absolute atomic E-state index is 0.0771. The van der Waals surface area contributed by atoms with Crippen LogP contribution in [-0.4, -0.2) is 13.6 Å². The summed E-state index contributed by atoms with van der Waals surface area (Å²) in [6.45, 7) is 3.60. The Morgan fingerprint density at radius 3 is 2.44 bits per heavy atom. The minimum Gasteiger partial charge on any atom is -0.356 e. The summed E-state index contributed by atoms with van der Waals surface area (Å²) in [5.41, 5.74) is 2.64. The molecule has 1 N–H and O–H groups in total. The molecule has 25 heavy (non-hydrogen) atoms. The fourth-order valence-electron chi connectivity index (χ4n) is 2.40. The number of hydrogen-bond acceptors (Lipinski definition) is 4. The van der Waals surface area contributed by atoms with Crippen molar-refractivity contribution in [1.82, 2.24) is 9.88 Å². The topological polar surface area (TPSA) is 72.2 Å². The van der Waals surface area contributed by atoms with E-state index >= 15 is 0 Å². The van der Waals surface area contributed by atoms with Crippen LogP contribution in [0.4, 0.5) is 4.39 Å². The molecule has 0 atom stereocenters. The number of sulfonamides is 1. The molecular formula is C18H17FN2O3S. The van der Waals surface area contributed by atoms with Gasteiger partial charge in [-0.25, -0.2) is 17.5 Å². The first-order valence-corrected chi connectivity index (χ1v) is 9.12. The lowest BCUT2D eigenvalue weighted by Gasteiger charge is -2.10. The van der Waals surface area contributed by atoms with Gasteiger partial charge < -0.3 is 4.52 Å². The van der Waals surface area contributed by atoms with E-state index in [2.05, 4.69) is 9.88 Å². The van der Waals surface area contributed by atoms with Crippen molar-refractivity contribution in [2.24, 2.45) is 0 Å². The summed E-state index contributed by atoms with van der Waals surface area (Å²) >= 11 is 0. The molecule has 0 aliphatic heterocycles. The number of halogens is 1. The molecular weight excluding hydrogens is 343 g/mol. The second-order valence-corrected chi connectivity index (χ2v) is 7.50. The lowest BCUT2D eigenvalue weighted by Crippen LogP contribution is -2.24. The van der Waals surface area contributed by atoms with E-state index in [9.17, 15) is 12.8 Å². The van der Waals surface area contributed by atoms with Gasteiger partial charge in [0.05, 0.1) is 10.6 Å². The van der Waals surface area contributed by atoms with E-state index in [-0.39, 0.29) is 17.3 Å². The summed E-state index contributed by atoms with van der Waals surface area (Å²) in [5, 5.41) is 3.82. The van der Waals surface area contributed by atoms with Crippen LogP contribution in [-0.2, 0) is 16.6 Å². The summed E-state index contributed by atoms with van der Waals surface area (Å²) in [4.78, 5) is 0.168. The largest absolute Gasteiger partial charge is 0.356 e. The van der Waals surface area contributed by atoms with Crippen molar-refractivity contribution in [3.8, 4) is 11.3 Å². The van der Waals surface area contributed by atoms with E-state index in [0.717, 1.165) is 5.69 Å². The molecule has 0 aliphatic rings. The minimum atomic E-state index is -3.73. The summed E-state index contributed by atoms with van der Waals surface area (Å²) in [6, 6.07) is 12.5. The Kier molecular flexibility index (Phi) is 4.69. The summed E-state index contributed by atoms with van der Waals surface area (Å²) < 4.78 is 46.0. The average molecular weight is 360 g/mol. The van der Waals surface area contributed by atoms with Gasteiger partial charge in [-0.15, -0.1) is 0 Å². The molecule has 0 radical (unpaired) electrons. The zero-order valence-corrected chi connectivity index (χ0v) is 14.6. The van der Waals surface area contributed by atoms with Crippen LogP contribution in [0.3, 0.4) is 0 Å². The van der Waals surface area contributed by atoms with Crippen LogP contribution >= 0.6 is 0 Å². The number of nitrogens with zero attached hydrogens (tertiary/aromatic N) is 1. The van der Waals surface area contributed by atoms with E-state index in [4.69, 9.17) is 4.52 Å². The molecule has 5 nitrogen and oxygen atoms in total. The molecule has 130 valence electrons. The molecule has 0 saturated heterocycles. The maximum absolute atomic E-state index is 12.9. The van der Waals surface area contributed by atoms with E-state index < -0.39 is 10.0 Å². The fourth-order valence-corrected chi connectivity index (χ4v) is 3.69. The highest BCUT2D eigenvalue weighted by molar-refractivity contribution is 7.89. The van der Waals surface area contributed by atoms with Crippen LogP contribution in [0.1, 0.15) is 16.8 Å². The second kappa shape index (κ2) is 6.78. The number of nitrogens with one attached hydrogen (secondary N) is 1. The van der Waals surface area contributed by atoms with Crippen molar-refractivity contribution in [2.45, 2.75) is 25.3 Å². The zero-order chi connectivity index (χ0) is 18.0. The molecule has 0 saturated carbocycles. The van der Waals surface area contributed by atoms with Crippen LogP contribution in [0.5, 0.6) is 0 Å². The molecule has 2 aromatic carbocycles. The quantitative estimate of drug-likeness (QED) is 0.755. The van der Waals surface area contributed by atoms with Gasteiger partial charge in [0.25, 0.3) is 0 Å². The Balaban J connectivity index is 1.87. The number of benzene rings is 2. The zero-order valence-electron chi connectivity index (χ0n) is 13.8.